The molecule has 0 aliphatic carbocycles. The average molecular weight is 188 g/mol. The first-order chi connectivity index (χ1) is 6.86. The molecule has 0 radical (unpaired) electrons. The number of carbonyl (C=O) groups excluding carboxylic acids is 1. The van der Waals surface area contributed by atoms with Crippen LogP contribution in [-0.4, -0.2) is 18.0 Å². The molecule has 0 atom stereocenters. The van der Waals surface area contributed by atoms with E-state index in [-0.39, 0.29) is 6.61 Å². The van der Waals surface area contributed by atoms with Crippen LogP contribution in [-0.2, 0) is 11.2 Å². The van der Waals surface area contributed by atoms with Gasteiger partial charge in [-0.15, -0.1) is 0 Å². The molecule has 14 heavy (non-hydrogen) atoms. The van der Waals surface area contributed by atoms with Crippen LogP contribution in [0.15, 0.2) is 24.3 Å². The van der Waals surface area contributed by atoms with E-state index in [4.69, 9.17) is 5.11 Å². The number of hydrogen-bond donors (Lipinski definition) is 1. The van der Waals surface area contributed by atoms with Gasteiger partial charge >= 0.3 is 0 Å². The van der Waals surface area contributed by atoms with Gasteiger partial charge in [0.15, 0.2) is 6.29 Å². The lowest BCUT2D eigenvalue weighted by Gasteiger charge is -1.98. The molecule has 0 heterocycles. The fraction of sp³-hybridized carbons (Fsp3) is 0.250. The zero-order valence-electron chi connectivity index (χ0n) is 7.86. The average Bonchev–Trinajstić information content (AvgIpc) is 2.25. The summed E-state index contributed by atoms with van der Waals surface area (Å²) in [5.41, 5.74) is 2.01. The Morgan fingerprint density at radius 1 is 1.29 bits per heavy atom. The smallest absolute Gasteiger partial charge is 0.193 e. The second-order valence-corrected chi connectivity index (χ2v) is 2.91. The molecule has 0 spiro atoms. The summed E-state index contributed by atoms with van der Waals surface area (Å²) in [5, 5.41) is 8.64. The molecule has 0 aromatic heterocycles. The third kappa shape index (κ3) is 3.42. The molecule has 0 unspecified atom stereocenters. The summed E-state index contributed by atoms with van der Waals surface area (Å²) in [7, 11) is 0. The van der Waals surface area contributed by atoms with Crippen LogP contribution >= 0.6 is 0 Å². The van der Waals surface area contributed by atoms with Crippen LogP contribution in [0.25, 0.3) is 0 Å². The molecule has 1 N–H and O–H groups in total. The van der Waals surface area contributed by atoms with E-state index in [2.05, 4.69) is 11.8 Å². The molecular weight excluding hydrogens is 176 g/mol. The van der Waals surface area contributed by atoms with Crippen LogP contribution in [0.1, 0.15) is 17.5 Å². The van der Waals surface area contributed by atoms with Gasteiger partial charge in [-0.25, -0.2) is 0 Å². The molecule has 2 heteroatoms. The van der Waals surface area contributed by atoms with Gasteiger partial charge in [0.05, 0.1) is 0 Å². The van der Waals surface area contributed by atoms with Gasteiger partial charge in [0.2, 0.25) is 0 Å². The van der Waals surface area contributed by atoms with Gasteiger partial charge in [0, 0.05) is 12.2 Å². The lowest BCUT2D eigenvalue weighted by atomic mass is 10.1. The van der Waals surface area contributed by atoms with Gasteiger partial charge in [-0.05, 0) is 36.5 Å². The highest BCUT2D eigenvalue weighted by Crippen LogP contribution is 2.05. The van der Waals surface area contributed by atoms with Crippen molar-refractivity contribution < 1.29 is 9.90 Å². The summed E-state index contributed by atoms with van der Waals surface area (Å²) in [6.45, 7) is 0.215. The number of aliphatic hydroxyl groups excluding tert-OH is 1. The minimum Gasteiger partial charge on any atom is -0.396 e. The second kappa shape index (κ2) is 5.95. The summed E-state index contributed by atoms with van der Waals surface area (Å²) < 4.78 is 0. The monoisotopic (exact) mass is 188 g/mol. The summed E-state index contributed by atoms with van der Waals surface area (Å²) in [5.74, 6) is 5.07. The first-order valence-electron chi connectivity index (χ1n) is 4.52. The van der Waals surface area contributed by atoms with E-state index in [1.807, 2.05) is 24.3 Å². The Kier molecular flexibility index (Phi) is 4.46. The van der Waals surface area contributed by atoms with Crippen LogP contribution in [0.3, 0.4) is 0 Å². The number of benzene rings is 1. The molecular formula is C12H12O2. The number of aldehydes is 1. The lowest BCUT2D eigenvalue weighted by molar-refractivity contribution is -0.103. The van der Waals surface area contributed by atoms with E-state index in [0.29, 0.717) is 6.29 Å². The molecule has 0 amide bonds. The largest absolute Gasteiger partial charge is 0.396 e. The molecule has 1 aromatic rings. The Morgan fingerprint density at radius 3 is 2.57 bits per heavy atom. The summed E-state index contributed by atoms with van der Waals surface area (Å²) in [4.78, 5) is 9.99. The Balaban J connectivity index is 2.63. The second-order valence-electron chi connectivity index (χ2n) is 2.91. The predicted molar refractivity (Wildman–Crippen MR) is 54.8 cm³/mol. The highest BCUT2D eigenvalue weighted by molar-refractivity contribution is 5.73. The van der Waals surface area contributed by atoms with Crippen LogP contribution in [0.2, 0.25) is 0 Å². The standard InChI is InChI=1S/C12H12O2/c13-9-1-3-11-5-7-12(8-6-11)4-2-10-14/h5-8,10,13H,1,3,9H2. The molecule has 72 valence electrons. The zero-order chi connectivity index (χ0) is 10.2. The molecule has 1 rings (SSSR count). The van der Waals surface area contributed by atoms with Crippen LogP contribution in [0.4, 0.5) is 0 Å². The number of carbonyl (C=O) groups is 1. The van der Waals surface area contributed by atoms with Crippen molar-refractivity contribution in [1.29, 1.82) is 0 Å². The minimum atomic E-state index is 0.215. The van der Waals surface area contributed by atoms with E-state index in [9.17, 15) is 4.79 Å². The van der Waals surface area contributed by atoms with Crippen molar-refractivity contribution >= 4 is 6.29 Å². The molecule has 0 aliphatic rings. The fourth-order valence-corrected chi connectivity index (χ4v) is 1.15. The van der Waals surface area contributed by atoms with Crippen molar-refractivity contribution in [2.75, 3.05) is 6.61 Å². The van der Waals surface area contributed by atoms with Gasteiger partial charge in [-0.1, -0.05) is 18.1 Å². The van der Waals surface area contributed by atoms with Crippen molar-refractivity contribution in [3.05, 3.63) is 35.4 Å². The SMILES string of the molecule is O=CC#Cc1ccc(CCCO)cc1. The van der Waals surface area contributed by atoms with Gasteiger partial charge in [0.1, 0.15) is 0 Å². The highest BCUT2D eigenvalue weighted by Gasteiger charge is 1.92. The molecule has 1 aromatic carbocycles. The van der Waals surface area contributed by atoms with E-state index < -0.39 is 0 Å². The third-order valence-corrected chi connectivity index (χ3v) is 1.85. The number of hydrogen-bond acceptors (Lipinski definition) is 2. The maximum absolute atomic E-state index is 9.99. The molecule has 0 fully saturated rings. The van der Waals surface area contributed by atoms with Crippen LogP contribution < -0.4 is 0 Å². The zero-order valence-corrected chi connectivity index (χ0v) is 7.86. The third-order valence-electron chi connectivity index (χ3n) is 1.85. The van der Waals surface area contributed by atoms with Gasteiger partial charge < -0.3 is 5.11 Å². The summed E-state index contributed by atoms with van der Waals surface area (Å²) >= 11 is 0. The Bertz CT molecular complexity index is 341. The van der Waals surface area contributed by atoms with E-state index >= 15 is 0 Å². The predicted octanol–water partition coefficient (Wildman–Crippen LogP) is 1.16. The van der Waals surface area contributed by atoms with Crippen molar-refractivity contribution in [2.24, 2.45) is 0 Å². The maximum atomic E-state index is 9.99. The van der Waals surface area contributed by atoms with Crippen LogP contribution in [0, 0.1) is 11.8 Å². The van der Waals surface area contributed by atoms with Crippen molar-refractivity contribution in [3.63, 3.8) is 0 Å². The first-order valence-corrected chi connectivity index (χ1v) is 4.52. The Hall–Kier alpha value is -1.59. The fourth-order valence-electron chi connectivity index (χ4n) is 1.15. The normalized spacial score (nSPS) is 8.93. The number of rotatable bonds is 3. The molecule has 2 nitrogen and oxygen atoms in total. The quantitative estimate of drug-likeness (QED) is 0.571. The van der Waals surface area contributed by atoms with E-state index in [1.54, 1.807) is 0 Å². The number of aliphatic hydroxyl groups is 1. The first kappa shape index (κ1) is 10.5. The van der Waals surface area contributed by atoms with E-state index in [1.165, 1.54) is 5.56 Å². The minimum absolute atomic E-state index is 0.215. The Morgan fingerprint density at radius 2 is 2.00 bits per heavy atom. The highest BCUT2D eigenvalue weighted by atomic mass is 16.2. The van der Waals surface area contributed by atoms with Gasteiger partial charge in [-0.3, -0.25) is 4.79 Å². The maximum Gasteiger partial charge on any atom is 0.193 e. The number of aryl methyl sites for hydroxylation is 1. The van der Waals surface area contributed by atoms with Crippen molar-refractivity contribution in [1.82, 2.24) is 0 Å². The summed E-state index contributed by atoms with van der Waals surface area (Å²) in [6.07, 6.45) is 2.23. The molecule has 0 bridgehead atoms. The molecule has 0 saturated heterocycles. The lowest BCUT2D eigenvalue weighted by Crippen LogP contribution is -1.89. The Labute approximate surface area is 83.6 Å². The van der Waals surface area contributed by atoms with Gasteiger partial charge in [-0.2, -0.15) is 0 Å². The topological polar surface area (TPSA) is 37.3 Å². The van der Waals surface area contributed by atoms with Crippen molar-refractivity contribution in [3.8, 4) is 11.8 Å². The van der Waals surface area contributed by atoms with Crippen LogP contribution in [0.5, 0.6) is 0 Å². The van der Waals surface area contributed by atoms with Crippen molar-refractivity contribution in [2.45, 2.75) is 12.8 Å². The van der Waals surface area contributed by atoms with Gasteiger partial charge in [0.25, 0.3) is 0 Å². The molecule has 0 aliphatic heterocycles. The van der Waals surface area contributed by atoms with E-state index in [0.717, 1.165) is 18.4 Å². The summed E-state index contributed by atoms with van der Waals surface area (Å²) in [6, 6.07) is 7.68. The molecule has 0 saturated carbocycles.